The first kappa shape index (κ1) is 25.0. The van der Waals surface area contributed by atoms with Gasteiger partial charge in [0, 0.05) is 44.7 Å². The fraction of sp³-hybridized carbons (Fsp3) is 0.423. The second-order valence-corrected chi connectivity index (χ2v) is 9.27. The summed E-state index contributed by atoms with van der Waals surface area (Å²) in [6, 6.07) is 12.1. The number of rotatable bonds is 7. The van der Waals surface area contributed by atoms with Gasteiger partial charge in [-0.15, -0.1) is 0 Å². The van der Waals surface area contributed by atoms with Crippen LogP contribution in [0.4, 0.5) is 11.4 Å². The molecule has 1 N–H and O–H groups in total. The van der Waals surface area contributed by atoms with Crippen LogP contribution >= 0.6 is 11.6 Å². The Morgan fingerprint density at radius 2 is 1.86 bits per heavy atom. The van der Waals surface area contributed by atoms with Crippen LogP contribution in [-0.2, 0) is 20.9 Å². The van der Waals surface area contributed by atoms with Crippen molar-refractivity contribution in [3.05, 3.63) is 58.6 Å². The molecule has 0 aromatic heterocycles. The van der Waals surface area contributed by atoms with Crippen LogP contribution in [0.1, 0.15) is 35.7 Å². The maximum absolute atomic E-state index is 13.7. The highest BCUT2D eigenvalue weighted by Gasteiger charge is 2.34. The molecule has 2 aliphatic rings. The Balaban J connectivity index is 1.59. The van der Waals surface area contributed by atoms with Crippen molar-refractivity contribution in [2.24, 2.45) is 0 Å². The van der Waals surface area contributed by atoms with Crippen LogP contribution < -0.4 is 15.1 Å². The maximum Gasteiger partial charge on any atom is 0.260 e. The number of hydrogen-bond donors (Lipinski definition) is 1. The van der Waals surface area contributed by atoms with Gasteiger partial charge < -0.3 is 19.9 Å². The monoisotopic (exact) mass is 498 g/mol. The number of ether oxygens (including phenoxy) is 1. The van der Waals surface area contributed by atoms with Crippen molar-refractivity contribution < 1.29 is 19.1 Å². The Kier molecular flexibility index (Phi) is 7.93. The molecule has 0 radical (unpaired) electrons. The summed E-state index contributed by atoms with van der Waals surface area (Å²) in [5, 5.41) is 3.14. The molecule has 8 nitrogen and oxygen atoms in total. The molecule has 2 aliphatic heterocycles. The first-order valence-corrected chi connectivity index (χ1v) is 12.3. The zero-order valence-corrected chi connectivity index (χ0v) is 20.9. The molecule has 1 unspecified atom stereocenters. The highest BCUT2D eigenvalue weighted by Crippen LogP contribution is 2.31. The van der Waals surface area contributed by atoms with E-state index >= 15 is 0 Å². The van der Waals surface area contributed by atoms with E-state index in [0.29, 0.717) is 29.4 Å². The second-order valence-electron chi connectivity index (χ2n) is 8.86. The van der Waals surface area contributed by atoms with Gasteiger partial charge in [0.05, 0.1) is 17.2 Å². The van der Waals surface area contributed by atoms with E-state index in [1.54, 1.807) is 20.1 Å². The molecule has 1 fully saturated rings. The summed E-state index contributed by atoms with van der Waals surface area (Å²) in [5.74, 6) is -0.926. The second kappa shape index (κ2) is 11.1. The molecule has 0 bridgehead atoms. The summed E-state index contributed by atoms with van der Waals surface area (Å²) >= 11 is 6.57. The van der Waals surface area contributed by atoms with Crippen molar-refractivity contribution in [2.75, 3.05) is 49.7 Å². The molecule has 0 aliphatic carbocycles. The van der Waals surface area contributed by atoms with Gasteiger partial charge in [-0.25, -0.2) is 0 Å². The Morgan fingerprint density at radius 1 is 1.11 bits per heavy atom. The van der Waals surface area contributed by atoms with Crippen LogP contribution in [0.2, 0.25) is 5.02 Å². The number of fused-ring (bicyclic) bond motifs is 1. The van der Waals surface area contributed by atoms with Gasteiger partial charge in [-0.05, 0) is 49.6 Å². The number of anilines is 2. The number of carbonyl (C=O) groups is 3. The Bertz CT molecular complexity index is 1100. The van der Waals surface area contributed by atoms with Crippen LogP contribution in [-0.4, -0.2) is 68.6 Å². The number of nitrogens with zero attached hydrogens (tertiary/aromatic N) is 3. The molecule has 2 heterocycles. The summed E-state index contributed by atoms with van der Waals surface area (Å²) in [5.41, 5.74) is 2.76. The van der Waals surface area contributed by atoms with E-state index in [2.05, 4.69) is 10.2 Å². The van der Waals surface area contributed by atoms with Gasteiger partial charge in [-0.2, -0.15) is 0 Å². The Labute approximate surface area is 210 Å². The number of nitrogens with one attached hydrogen (secondary N) is 1. The SMILES string of the molecule is COCCNC(=O)C(C)N1Cc2ccccc2N(C(=O)c2ccc(N3CCCC3)cc2Cl)CC1=O. The van der Waals surface area contributed by atoms with Crippen molar-refractivity contribution >= 4 is 40.7 Å². The summed E-state index contributed by atoms with van der Waals surface area (Å²) < 4.78 is 4.98. The van der Waals surface area contributed by atoms with Crippen LogP contribution in [0.25, 0.3) is 0 Å². The van der Waals surface area contributed by atoms with Crippen LogP contribution in [0.3, 0.4) is 0 Å². The van der Waals surface area contributed by atoms with Gasteiger partial charge in [0.15, 0.2) is 0 Å². The van der Waals surface area contributed by atoms with E-state index in [4.69, 9.17) is 16.3 Å². The smallest absolute Gasteiger partial charge is 0.260 e. The fourth-order valence-electron chi connectivity index (χ4n) is 4.59. The van der Waals surface area contributed by atoms with Crippen LogP contribution in [0, 0.1) is 0 Å². The lowest BCUT2D eigenvalue weighted by atomic mass is 10.1. The van der Waals surface area contributed by atoms with E-state index < -0.39 is 6.04 Å². The first-order valence-electron chi connectivity index (χ1n) is 11.9. The molecule has 4 rings (SSSR count). The Morgan fingerprint density at radius 3 is 2.57 bits per heavy atom. The number of halogens is 1. The number of methoxy groups -OCH3 is 1. The molecule has 186 valence electrons. The van der Waals surface area contributed by atoms with E-state index in [0.717, 1.165) is 37.2 Å². The highest BCUT2D eigenvalue weighted by molar-refractivity contribution is 6.35. The van der Waals surface area contributed by atoms with E-state index in [-0.39, 0.29) is 30.8 Å². The highest BCUT2D eigenvalue weighted by atomic mass is 35.5. The fourth-order valence-corrected chi connectivity index (χ4v) is 4.84. The number of carbonyl (C=O) groups excluding carboxylic acids is 3. The van der Waals surface area contributed by atoms with Gasteiger partial charge in [0.25, 0.3) is 5.91 Å². The molecule has 2 aromatic carbocycles. The van der Waals surface area contributed by atoms with Gasteiger partial charge in [-0.1, -0.05) is 29.8 Å². The van der Waals surface area contributed by atoms with E-state index in [9.17, 15) is 14.4 Å². The molecular formula is C26H31ClN4O4. The zero-order chi connectivity index (χ0) is 24.9. The third-order valence-corrected chi connectivity index (χ3v) is 6.90. The molecular weight excluding hydrogens is 468 g/mol. The lowest BCUT2D eigenvalue weighted by molar-refractivity contribution is -0.139. The van der Waals surface area contributed by atoms with Crippen molar-refractivity contribution in [2.45, 2.75) is 32.4 Å². The average molecular weight is 499 g/mol. The van der Waals surface area contributed by atoms with E-state index in [1.807, 2.05) is 36.4 Å². The van der Waals surface area contributed by atoms with Crippen molar-refractivity contribution in [3.63, 3.8) is 0 Å². The number of para-hydroxylation sites is 1. The molecule has 1 atom stereocenters. The van der Waals surface area contributed by atoms with Gasteiger partial charge in [0.2, 0.25) is 11.8 Å². The summed E-state index contributed by atoms with van der Waals surface area (Å²) in [6.45, 7) is 4.42. The molecule has 3 amide bonds. The quantitative estimate of drug-likeness (QED) is 0.593. The minimum atomic E-state index is -0.703. The lowest BCUT2D eigenvalue weighted by Gasteiger charge is -2.27. The topological polar surface area (TPSA) is 82.2 Å². The van der Waals surface area contributed by atoms with Crippen LogP contribution in [0.5, 0.6) is 0 Å². The van der Waals surface area contributed by atoms with E-state index in [1.165, 1.54) is 9.80 Å². The van der Waals surface area contributed by atoms with Crippen molar-refractivity contribution in [3.8, 4) is 0 Å². The average Bonchev–Trinajstić information content (AvgIpc) is 3.35. The molecule has 9 heteroatoms. The van der Waals surface area contributed by atoms with Crippen molar-refractivity contribution in [1.82, 2.24) is 10.2 Å². The lowest BCUT2D eigenvalue weighted by Crippen LogP contribution is -2.50. The number of amides is 3. The maximum atomic E-state index is 13.7. The summed E-state index contributed by atoms with van der Waals surface area (Å²) in [6.07, 6.45) is 2.29. The Hall–Kier alpha value is -3.10. The predicted octanol–water partition coefficient (Wildman–Crippen LogP) is 3.08. The third kappa shape index (κ3) is 5.44. The van der Waals surface area contributed by atoms with Crippen molar-refractivity contribution in [1.29, 1.82) is 0 Å². The van der Waals surface area contributed by atoms with Gasteiger partial charge in [0.1, 0.15) is 12.6 Å². The largest absolute Gasteiger partial charge is 0.383 e. The zero-order valence-electron chi connectivity index (χ0n) is 20.1. The van der Waals surface area contributed by atoms with Gasteiger partial charge >= 0.3 is 0 Å². The summed E-state index contributed by atoms with van der Waals surface area (Å²) in [7, 11) is 1.56. The summed E-state index contributed by atoms with van der Waals surface area (Å²) in [4.78, 5) is 44.8. The standard InChI is InChI=1S/C26H31ClN4O4/c1-18(25(33)28-11-14-35-2)30-16-19-7-3-4-8-23(19)31(17-24(30)32)26(34)21-10-9-20(15-22(21)27)29-12-5-6-13-29/h3-4,7-10,15,18H,5-6,11-14,16-17H2,1-2H3,(H,28,33). The molecule has 0 saturated carbocycles. The minimum absolute atomic E-state index is 0.185. The molecule has 2 aromatic rings. The third-order valence-electron chi connectivity index (χ3n) is 6.59. The number of hydrogen-bond acceptors (Lipinski definition) is 5. The minimum Gasteiger partial charge on any atom is -0.383 e. The normalized spacial score (nSPS) is 16.7. The molecule has 0 spiro atoms. The van der Waals surface area contributed by atoms with Gasteiger partial charge in [-0.3, -0.25) is 19.3 Å². The first-order chi connectivity index (χ1) is 16.9. The predicted molar refractivity (Wildman–Crippen MR) is 136 cm³/mol. The van der Waals surface area contributed by atoms with Crippen LogP contribution in [0.15, 0.2) is 42.5 Å². The molecule has 35 heavy (non-hydrogen) atoms. The number of benzene rings is 2. The molecule has 1 saturated heterocycles.